The van der Waals surface area contributed by atoms with Crippen LogP contribution in [-0.4, -0.2) is 73.5 Å². The number of nitrogens with one attached hydrogen (secondary N) is 2. The first-order valence-corrected chi connectivity index (χ1v) is 10.4. The summed E-state index contributed by atoms with van der Waals surface area (Å²) < 4.78 is 10.9. The summed E-state index contributed by atoms with van der Waals surface area (Å²) in [6, 6.07) is 5.50. The second-order valence-electron chi connectivity index (χ2n) is 7.78. The molecule has 0 saturated carbocycles. The predicted molar refractivity (Wildman–Crippen MR) is 112 cm³/mol. The van der Waals surface area contributed by atoms with E-state index in [1.54, 1.807) is 9.80 Å². The Labute approximate surface area is 172 Å². The molecule has 29 heavy (non-hydrogen) atoms. The van der Waals surface area contributed by atoms with Crippen LogP contribution in [0.2, 0.25) is 0 Å². The van der Waals surface area contributed by atoms with Gasteiger partial charge in [-0.25, -0.2) is 9.59 Å². The fourth-order valence-corrected chi connectivity index (χ4v) is 3.61. The average Bonchev–Trinajstić information content (AvgIpc) is 3.04. The fourth-order valence-electron chi connectivity index (χ4n) is 3.61. The highest BCUT2D eigenvalue weighted by molar-refractivity contribution is 5.93. The molecule has 2 atom stereocenters. The molecule has 2 heterocycles. The number of anilines is 2. The highest BCUT2D eigenvalue weighted by Crippen LogP contribution is 2.22. The predicted octanol–water partition coefficient (Wildman–Crippen LogP) is 3.28. The molecule has 2 N–H and O–H groups in total. The molecule has 2 fully saturated rings. The summed E-state index contributed by atoms with van der Waals surface area (Å²) >= 11 is 0. The molecule has 160 valence electrons. The van der Waals surface area contributed by atoms with Gasteiger partial charge in [-0.2, -0.15) is 0 Å². The number of nitrogens with zero attached hydrogens (tertiary/aromatic N) is 2. The lowest BCUT2D eigenvalue weighted by molar-refractivity contribution is 0.143. The van der Waals surface area contributed by atoms with Crippen molar-refractivity contribution in [2.24, 2.45) is 0 Å². The zero-order chi connectivity index (χ0) is 20.8. The molecule has 0 bridgehead atoms. The topological polar surface area (TPSA) is 83.1 Å². The van der Waals surface area contributed by atoms with Crippen LogP contribution in [-0.2, 0) is 9.47 Å². The van der Waals surface area contributed by atoms with Gasteiger partial charge in [0, 0.05) is 49.8 Å². The zero-order valence-corrected chi connectivity index (χ0v) is 17.6. The first kappa shape index (κ1) is 21.4. The highest BCUT2D eigenvalue weighted by atomic mass is 16.5. The average molecular weight is 405 g/mol. The minimum Gasteiger partial charge on any atom is -0.380 e. The number of carbonyl (C=O) groups is 2. The van der Waals surface area contributed by atoms with Gasteiger partial charge in [-0.05, 0) is 51.3 Å². The van der Waals surface area contributed by atoms with E-state index in [9.17, 15) is 9.59 Å². The van der Waals surface area contributed by atoms with E-state index in [0.717, 1.165) is 18.4 Å². The molecule has 0 spiro atoms. The van der Waals surface area contributed by atoms with E-state index in [2.05, 4.69) is 10.6 Å². The maximum atomic E-state index is 12.8. The molecule has 0 aromatic heterocycles. The molecule has 1 aromatic carbocycles. The third-order valence-corrected chi connectivity index (χ3v) is 5.63. The van der Waals surface area contributed by atoms with Crippen LogP contribution in [0.1, 0.15) is 32.3 Å². The maximum Gasteiger partial charge on any atom is 0.322 e. The molecule has 1 aromatic rings. The molecule has 0 radical (unpaired) electrons. The van der Waals surface area contributed by atoms with Gasteiger partial charge in [-0.15, -0.1) is 0 Å². The Morgan fingerprint density at radius 1 is 0.897 bits per heavy atom. The van der Waals surface area contributed by atoms with E-state index in [0.29, 0.717) is 50.9 Å². The van der Waals surface area contributed by atoms with Crippen molar-refractivity contribution in [3.05, 3.63) is 23.8 Å². The van der Waals surface area contributed by atoms with Gasteiger partial charge in [0.2, 0.25) is 0 Å². The van der Waals surface area contributed by atoms with Gasteiger partial charge in [0.05, 0.1) is 13.2 Å². The maximum absolute atomic E-state index is 12.8. The lowest BCUT2D eigenvalue weighted by Crippen LogP contribution is -2.42. The summed E-state index contributed by atoms with van der Waals surface area (Å²) in [6.45, 7) is 9.57. The normalized spacial score (nSPS) is 23.1. The van der Waals surface area contributed by atoms with Crippen LogP contribution in [0, 0.1) is 6.92 Å². The monoisotopic (exact) mass is 404 g/mol. The summed E-state index contributed by atoms with van der Waals surface area (Å²) in [5.74, 6) is 0. The highest BCUT2D eigenvalue weighted by Gasteiger charge is 2.24. The smallest absolute Gasteiger partial charge is 0.322 e. The number of rotatable bonds is 2. The first-order valence-electron chi connectivity index (χ1n) is 10.4. The van der Waals surface area contributed by atoms with Crippen LogP contribution >= 0.6 is 0 Å². The van der Waals surface area contributed by atoms with E-state index >= 15 is 0 Å². The molecule has 0 unspecified atom stereocenters. The Morgan fingerprint density at radius 2 is 1.45 bits per heavy atom. The Balaban J connectivity index is 1.67. The van der Waals surface area contributed by atoms with Gasteiger partial charge in [-0.3, -0.25) is 0 Å². The van der Waals surface area contributed by atoms with Crippen LogP contribution in [0.25, 0.3) is 0 Å². The van der Waals surface area contributed by atoms with Crippen LogP contribution in [0.3, 0.4) is 0 Å². The minimum atomic E-state index is -0.151. The molecule has 2 saturated heterocycles. The Hall–Kier alpha value is -2.32. The molecule has 4 amide bonds. The SMILES string of the molecule is Cc1ccc(NC(=O)N2CCOCC[C@@H]2C)cc1NC(=O)N1CCOCC[C@@H]1C. The largest absolute Gasteiger partial charge is 0.380 e. The number of amides is 4. The Bertz CT molecular complexity index is 727. The van der Waals surface area contributed by atoms with Gasteiger partial charge in [-0.1, -0.05) is 6.07 Å². The quantitative estimate of drug-likeness (QED) is 0.792. The first-order chi connectivity index (χ1) is 14.0. The van der Waals surface area contributed by atoms with E-state index in [-0.39, 0.29) is 24.1 Å². The Kier molecular flexibility index (Phi) is 7.33. The summed E-state index contributed by atoms with van der Waals surface area (Å²) in [5.41, 5.74) is 2.28. The molecule has 0 aliphatic carbocycles. The van der Waals surface area contributed by atoms with E-state index < -0.39 is 0 Å². The van der Waals surface area contributed by atoms with Crippen molar-refractivity contribution in [1.82, 2.24) is 9.80 Å². The second-order valence-corrected chi connectivity index (χ2v) is 7.78. The standard InChI is InChI=1S/C21H32N4O4/c1-15-4-5-18(22-20(26)24-8-12-28-10-6-16(24)2)14-19(15)23-21(27)25-9-13-29-11-7-17(25)3/h4-5,14,16-17H,6-13H2,1-3H3,(H,22,26)(H,23,27)/t16-,17-/m0/s1. The summed E-state index contributed by atoms with van der Waals surface area (Å²) in [4.78, 5) is 29.1. The number of ether oxygens (including phenoxy) is 2. The number of carbonyl (C=O) groups excluding carboxylic acids is 2. The number of hydrogen-bond acceptors (Lipinski definition) is 4. The van der Waals surface area contributed by atoms with Crippen molar-refractivity contribution in [3.63, 3.8) is 0 Å². The van der Waals surface area contributed by atoms with Crippen molar-refractivity contribution in [3.8, 4) is 0 Å². The third kappa shape index (κ3) is 5.61. The molecule has 8 heteroatoms. The number of benzene rings is 1. The lowest BCUT2D eigenvalue weighted by atomic mass is 10.1. The Morgan fingerprint density at radius 3 is 2.03 bits per heavy atom. The van der Waals surface area contributed by atoms with Gasteiger partial charge >= 0.3 is 12.1 Å². The summed E-state index contributed by atoms with van der Waals surface area (Å²) in [5, 5.41) is 5.95. The molecular formula is C21H32N4O4. The third-order valence-electron chi connectivity index (χ3n) is 5.63. The molecule has 8 nitrogen and oxygen atoms in total. The summed E-state index contributed by atoms with van der Waals surface area (Å²) in [7, 11) is 0. The van der Waals surface area contributed by atoms with Gasteiger partial charge in [0.25, 0.3) is 0 Å². The number of hydrogen-bond donors (Lipinski definition) is 2. The van der Waals surface area contributed by atoms with Crippen LogP contribution in [0.5, 0.6) is 0 Å². The molecule has 2 aliphatic rings. The van der Waals surface area contributed by atoms with Gasteiger partial charge in [0.15, 0.2) is 0 Å². The number of urea groups is 2. The summed E-state index contributed by atoms with van der Waals surface area (Å²) in [6.07, 6.45) is 1.64. The van der Waals surface area contributed by atoms with Crippen molar-refractivity contribution >= 4 is 23.4 Å². The van der Waals surface area contributed by atoms with Crippen molar-refractivity contribution < 1.29 is 19.1 Å². The van der Waals surface area contributed by atoms with Crippen molar-refractivity contribution in [2.45, 2.75) is 45.7 Å². The fraction of sp³-hybridized carbons (Fsp3) is 0.619. The van der Waals surface area contributed by atoms with Crippen LogP contribution in [0.15, 0.2) is 18.2 Å². The number of aryl methyl sites for hydroxylation is 1. The van der Waals surface area contributed by atoms with E-state index in [1.807, 2.05) is 39.0 Å². The van der Waals surface area contributed by atoms with Crippen LogP contribution in [0.4, 0.5) is 21.0 Å². The lowest BCUT2D eigenvalue weighted by Gasteiger charge is -2.28. The van der Waals surface area contributed by atoms with Crippen molar-refractivity contribution in [2.75, 3.05) is 50.2 Å². The van der Waals surface area contributed by atoms with Crippen LogP contribution < -0.4 is 10.6 Å². The zero-order valence-electron chi connectivity index (χ0n) is 17.6. The second kappa shape index (κ2) is 9.93. The van der Waals surface area contributed by atoms with E-state index in [1.165, 1.54) is 0 Å². The molecular weight excluding hydrogens is 372 g/mol. The van der Waals surface area contributed by atoms with Gasteiger partial charge in [0.1, 0.15) is 0 Å². The van der Waals surface area contributed by atoms with Gasteiger partial charge < -0.3 is 29.9 Å². The van der Waals surface area contributed by atoms with Crippen molar-refractivity contribution in [1.29, 1.82) is 0 Å². The van der Waals surface area contributed by atoms with E-state index in [4.69, 9.17) is 9.47 Å². The minimum absolute atomic E-state index is 0.118. The molecule has 2 aliphatic heterocycles. The molecule has 3 rings (SSSR count).